The Kier molecular flexibility index (Phi) is 4.46. The first-order valence-corrected chi connectivity index (χ1v) is 6.78. The molecule has 1 heterocycles. The molecule has 114 valence electrons. The molecule has 1 aliphatic rings. The molecular formula is C13H15ClN2O5. The molecule has 2 atom stereocenters. The quantitative estimate of drug-likeness (QED) is 0.648. The van der Waals surface area contributed by atoms with Gasteiger partial charge in [-0.05, 0) is 19.1 Å². The SMILES string of the molecule is CC1OCCC1(O)CNC(=O)c1cccc(Cl)c1[N+](=O)[O-]. The van der Waals surface area contributed by atoms with Gasteiger partial charge < -0.3 is 15.2 Å². The van der Waals surface area contributed by atoms with Crippen LogP contribution in [0.3, 0.4) is 0 Å². The lowest BCUT2D eigenvalue weighted by Crippen LogP contribution is -2.47. The molecular weight excluding hydrogens is 300 g/mol. The summed E-state index contributed by atoms with van der Waals surface area (Å²) in [6, 6.07) is 4.12. The monoisotopic (exact) mass is 314 g/mol. The van der Waals surface area contributed by atoms with Crippen molar-refractivity contribution in [2.45, 2.75) is 25.0 Å². The number of nitrogens with zero attached hydrogens (tertiary/aromatic N) is 1. The molecule has 1 fully saturated rings. The van der Waals surface area contributed by atoms with E-state index in [1.165, 1.54) is 18.2 Å². The highest BCUT2D eigenvalue weighted by Gasteiger charge is 2.40. The normalized spacial score (nSPS) is 24.8. The summed E-state index contributed by atoms with van der Waals surface area (Å²) in [4.78, 5) is 22.4. The Morgan fingerprint density at radius 3 is 2.95 bits per heavy atom. The standard InChI is InChI=1S/C13H15ClN2O5/c1-8-13(18,5-6-21-8)7-15-12(17)9-3-2-4-10(14)11(9)16(19)20/h2-4,8,18H,5-7H2,1H3,(H,15,17). The second kappa shape index (κ2) is 5.97. The fourth-order valence-electron chi connectivity index (χ4n) is 2.22. The molecule has 2 N–H and O–H groups in total. The molecule has 21 heavy (non-hydrogen) atoms. The highest BCUT2D eigenvalue weighted by molar-refractivity contribution is 6.33. The molecule has 8 heteroatoms. The number of nitro groups is 1. The Bertz CT molecular complexity index is 580. The van der Waals surface area contributed by atoms with Crippen molar-refractivity contribution in [1.29, 1.82) is 0 Å². The largest absolute Gasteiger partial charge is 0.385 e. The Morgan fingerprint density at radius 1 is 1.67 bits per heavy atom. The minimum Gasteiger partial charge on any atom is -0.385 e. The fraction of sp³-hybridized carbons (Fsp3) is 0.462. The van der Waals surface area contributed by atoms with Crippen LogP contribution < -0.4 is 5.32 Å². The molecule has 0 spiro atoms. The van der Waals surface area contributed by atoms with Crippen LogP contribution >= 0.6 is 11.6 Å². The van der Waals surface area contributed by atoms with E-state index in [1.807, 2.05) is 0 Å². The van der Waals surface area contributed by atoms with E-state index in [9.17, 15) is 20.0 Å². The van der Waals surface area contributed by atoms with Crippen LogP contribution in [0.4, 0.5) is 5.69 Å². The molecule has 0 aliphatic carbocycles. The van der Waals surface area contributed by atoms with Gasteiger partial charge in [-0.15, -0.1) is 0 Å². The lowest BCUT2D eigenvalue weighted by Gasteiger charge is -2.26. The first-order chi connectivity index (χ1) is 9.85. The number of halogens is 1. The molecule has 0 saturated carbocycles. The minimum absolute atomic E-state index is 0.0450. The maximum atomic E-state index is 12.1. The predicted octanol–water partition coefficient (Wildman–Crippen LogP) is 1.52. The predicted molar refractivity (Wildman–Crippen MR) is 75.4 cm³/mol. The number of amides is 1. The first kappa shape index (κ1) is 15.7. The third kappa shape index (κ3) is 3.15. The Labute approximate surface area is 126 Å². The van der Waals surface area contributed by atoms with Crippen molar-refractivity contribution in [3.63, 3.8) is 0 Å². The smallest absolute Gasteiger partial charge is 0.300 e. The van der Waals surface area contributed by atoms with Gasteiger partial charge in [0.1, 0.15) is 16.2 Å². The first-order valence-electron chi connectivity index (χ1n) is 6.40. The molecule has 0 radical (unpaired) electrons. The number of carbonyl (C=O) groups excluding carboxylic acids is 1. The Hall–Kier alpha value is -1.70. The third-order valence-electron chi connectivity index (χ3n) is 3.63. The molecule has 1 aromatic carbocycles. The van der Waals surface area contributed by atoms with Crippen LogP contribution in [0.1, 0.15) is 23.7 Å². The Morgan fingerprint density at radius 2 is 2.38 bits per heavy atom. The molecule has 0 bridgehead atoms. The molecule has 1 aliphatic heterocycles. The van der Waals surface area contributed by atoms with Gasteiger partial charge in [-0.2, -0.15) is 0 Å². The van der Waals surface area contributed by atoms with E-state index in [4.69, 9.17) is 16.3 Å². The molecule has 2 unspecified atom stereocenters. The highest BCUT2D eigenvalue weighted by Crippen LogP contribution is 2.29. The van der Waals surface area contributed by atoms with Crippen molar-refractivity contribution in [3.8, 4) is 0 Å². The number of ether oxygens (including phenoxy) is 1. The summed E-state index contributed by atoms with van der Waals surface area (Å²) < 4.78 is 5.26. The summed E-state index contributed by atoms with van der Waals surface area (Å²) in [5, 5.41) is 23.7. The number of nitrogens with one attached hydrogen (secondary N) is 1. The zero-order valence-electron chi connectivity index (χ0n) is 11.3. The topological polar surface area (TPSA) is 102 Å². The maximum absolute atomic E-state index is 12.1. The molecule has 0 aromatic heterocycles. The second-order valence-electron chi connectivity index (χ2n) is 4.94. The summed E-state index contributed by atoms with van der Waals surface area (Å²) in [6.45, 7) is 2.07. The van der Waals surface area contributed by atoms with E-state index in [1.54, 1.807) is 6.92 Å². The zero-order chi connectivity index (χ0) is 15.6. The van der Waals surface area contributed by atoms with E-state index in [2.05, 4.69) is 5.32 Å². The summed E-state index contributed by atoms with van der Waals surface area (Å²) in [6.07, 6.45) is -0.0151. The van der Waals surface area contributed by atoms with Crippen molar-refractivity contribution in [2.24, 2.45) is 0 Å². The van der Waals surface area contributed by atoms with Crippen molar-refractivity contribution in [3.05, 3.63) is 38.9 Å². The zero-order valence-corrected chi connectivity index (χ0v) is 12.1. The summed E-state index contributed by atoms with van der Waals surface area (Å²) >= 11 is 5.76. The summed E-state index contributed by atoms with van der Waals surface area (Å²) in [5.41, 5.74) is -1.75. The Balaban J connectivity index is 2.15. The van der Waals surface area contributed by atoms with Crippen molar-refractivity contribution in [2.75, 3.05) is 13.2 Å². The van der Waals surface area contributed by atoms with Gasteiger partial charge in [0.25, 0.3) is 5.91 Å². The maximum Gasteiger partial charge on any atom is 0.300 e. The summed E-state index contributed by atoms with van der Waals surface area (Å²) in [7, 11) is 0. The minimum atomic E-state index is -1.16. The van der Waals surface area contributed by atoms with Crippen molar-refractivity contribution < 1.29 is 19.6 Å². The van der Waals surface area contributed by atoms with E-state index in [0.29, 0.717) is 13.0 Å². The van der Waals surface area contributed by atoms with Crippen molar-refractivity contribution in [1.82, 2.24) is 5.32 Å². The number of para-hydroxylation sites is 1. The van der Waals surface area contributed by atoms with Crippen LogP contribution in [0, 0.1) is 10.1 Å². The van der Waals surface area contributed by atoms with E-state index >= 15 is 0 Å². The summed E-state index contributed by atoms with van der Waals surface area (Å²) in [5.74, 6) is -0.656. The lowest BCUT2D eigenvalue weighted by molar-refractivity contribution is -0.385. The number of rotatable bonds is 4. The molecule has 7 nitrogen and oxygen atoms in total. The van der Waals surface area contributed by atoms with Gasteiger partial charge in [0.15, 0.2) is 0 Å². The molecule has 1 saturated heterocycles. The second-order valence-corrected chi connectivity index (χ2v) is 5.35. The van der Waals surface area contributed by atoms with Gasteiger partial charge in [0.2, 0.25) is 0 Å². The molecule has 2 rings (SSSR count). The third-order valence-corrected chi connectivity index (χ3v) is 3.93. The van der Waals surface area contributed by atoms with Gasteiger partial charge in [0.05, 0.1) is 11.0 Å². The van der Waals surface area contributed by atoms with Crippen LogP contribution in [0.25, 0.3) is 0 Å². The van der Waals surface area contributed by atoms with E-state index < -0.39 is 28.2 Å². The van der Waals surface area contributed by atoms with Crippen LogP contribution in [0.2, 0.25) is 5.02 Å². The fourth-order valence-corrected chi connectivity index (χ4v) is 2.46. The molecule has 1 aromatic rings. The number of hydrogen-bond donors (Lipinski definition) is 2. The lowest BCUT2D eigenvalue weighted by atomic mass is 9.96. The van der Waals surface area contributed by atoms with Crippen LogP contribution in [0.5, 0.6) is 0 Å². The number of nitro benzene ring substituents is 1. The number of benzene rings is 1. The van der Waals surface area contributed by atoms with Crippen LogP contribution in [0.15, 0.2) is 18.2 Å². The van der Waals surface area contributed by atoms with E-state index in [-0.39, 0.29) is 17.1 Å². The highest BCUT2D eigenvalue weighted by atomic mass is 35.5. The van der Waals surface area contributed by atoms with Gasteiger partial charge in [-0.3, -0.25) is 14.9 Å². The van der Waals surface area contributed by atoms with Gasteiger partial charge in [-0.1, -0.05) is 17.7 Å². The average molecular weight is 315 g/mol. The molecule has 1 amide bonds. The van der Waals surface area contributed by atoms with Crippen LogP contribution in [-0.2, 0) is 4.74 Å². The average Bonchev–Trinajstić information content (AvgIpc) is 2.76. The number of hydrogen-bond acceptors (Lipinski definition) is 5. The van der Waals surface area contributed by atoms with Gasteiger partial charge >= 0.3 is 5.69 Å². The van der Waals surface area contributed by atoms with Gasteiger partial charge in [0, 0.05) is 19.6 Å². The van der Waals surface area contributed by atoms with Crippen molar-refractivity contribution >= 4 is 23.2 Å². The van der Waals surface area contributed by atoms with Crippen LogP contribution in [-0.4, -0.2) is 40.8 Å². The van der Waals surface area contributed by atoms with Gasteiger partial charge in [-0.25, -0.2) is 0 Å². The number of carbonyl (C=O) groups is 1. The van der Waals surface area contributed by atoms with E-state index in [0.717, 1.165) is 0 Å². The number of aliphatic hydroxyl groups is 1.